The predicted octanol–water partition coefficient (Wildman–Crippen LogP) is 2.30. The molecule has 1 heterocycles. The average molecular weight is 404 g/mol. The van der Waals surface area contributed by atoms with E-state index in [0.29, 0.717) is 24.6 Å². The number of sulfonamides is 1. The van der Waals surface area contributed by atoms with E-state index in [0.717, 1.165) is 12.0 Å². The molecular formula is C18H30ClN3O3S. The molecule has 1 aliphatic rings. The lowest BCUT2D eigenvalue weighted by Crippen LogP contribution is -2.40. The predicted molar refractivity (Wildman–Crippen MR) is 106 cm³/mol. The lowest BCUT2D eigenvalue weighted by molar-refractivity contribution is 0.0742. The van der Waals surface area contributed by atoms with Crippen LogP contribution in [0.15, 0.2) is 23.1 Å². The molecule has 2 atom stereocenters. The van der Waals surface area contributed by atoms with Crippen molar-refractivity contribution >= 4 is 28.3 Å². The maximum Gasteiger partial charge on any atom is 0.254 e. The summed E-state index contributed by atoms with van der Waals surface area (Å²) in [5.41, 5.74) is 6.35. The van der Waals surface area contributed by atoms with E-state index in [4.69, 9.17) is 5.73 Å². The highest BCUT2D eigenvalue weighted by Gasteiger charge is 2.33. The molecule has 1 fully saturated rings. The molecule has 0 bridgehead atoms. The summed E-state index contributed by atoms with van der Waals surface area (Å²) < 4.78 is 27.8. The first-order valence-corrected chi connectivity index (χ1v) is 10.1. The van der Waals surface area contributed by atoms with Crippen LogP contribution >= 0.6 is 12.4 Å². The van der Waals surface area contributed by atoms with E-state index >= 15 is 0 Å². The summed E-state index contributed by atoms with van der Waals surface area (Å²) in [6.45, 7) is 10.3. The number of nitrogens with one attached hydrogen (secondary N) is 1. The van der Waals surface area contributed by atoms with Crippen LogP contribution < -0.4 is 10.5 Å². The third kappa shape index (κ3) is 5.19. The van der Waals surface area contributed by atoms with Gasteiger partial charge in [-0.15, -0.1) is 12.4 Å². The molecule has 1 saturated heterocycles. The van der Waals surface area contributed by atoms with E-state index in [9.17, 15) is 13.2 Å². The van der Waals surface area contributed by atoms with Gasteiger partial charge in [0.05, 0.1) is 4.90 Å². The quantitative estimate of drug-likeness (QED) is 0.806. The molecule has 3 N–H and O–H groups in total. The molecule has 1 aromatic carbocycles. The van der Waals surface area contributed by atoms with Gasteiger partial charge in [0.2, 0.25) is 10.0 Å². The number of aryl methyl sites for hydroxylation is 1. The number of halogens is 1. The van der Waals surface area contributed by atoms with Gasteiger partial charge in [-0.1, -0.05) is 6.07 Å². The topological polar surface area (TPSA) is 92.5 Å². The zero-order chi connectivity index (χ0) is 19.0. The summed E-state index contributed by atoms with van der Waals surface area (Å²) in [6, 6.07) is 4.81. The third-order valence-corrected chi connectivity index (χ3v) is 6.20. The van der Waals surface area contributed by atoms with E-state index in [2.05, 4.69) is 4.72 Å². The van der Waals surface area contributed by atoms with E-state index in [1.54, 1.807) is 31.7 Å². The maximum atomic E-state index is 13.0. The Morgan fingerprint density at radius 1 is 1.35 bits per heavy atom. The number of benzene rings is 1. The van der Waals surface area contributed by atoms with Crippen LogP contribution in [-0.4, -0.2) is 43.9 Å². The second-order valence-electron chi connectivity index (χ2n) is 7.98. The monoisotopic (exact) mass is 403 g/mol. The SMILES string of the molecule is Cc1ccc(S(=O)(=O)NC(C)(C)C)cc1C(=O)N1CC(CN)CC1C.Cl. The van der Waals surface area contributed by atoms with Crippen molar-refractivity contribution in [3.63, 3.8) is 0 Å². The van der Waals surface area contributed by atoms with Crippen molar-refractivity contribution in [3.8, 4) is 0 Å². The van der Waals surface area contributed by atoms with Gasteiger partial charge < -0.3 is 10.6 Å². The molecule has 0 radical (unpaired) electrons. The number of hydrogen-bond donors (Lipinski definition) is 2. The molecule has 1 aliphatic heterocycles. The molecule has 2 rings (SSSR count). The Kier molecular flexibility index (Phi) is 7.26. The number of nitrogens with two attached hydrogens (primary N) is 1. The van der Waals surface area contributed by atoms with E-state index in [-0.39, 0.29) is 29.3 Å². The number of carbonyl (C=O) groups excluding carboxylic acids is 1. The molecule has 148 valence electrons. The zero-order valence-electron chi connectivity index (χ0n) is 16.1. The lowest BCUT2D eigenvalue weighted by atomic mass is 10.1. The van der Waals surface area contributed by atoms with Crippen LogP contribution in [0.4, 0.5) is 0 Å². The van der Waals surface area contributed by atoms with Crippen molar-refractivity contribution < 1.29 is 13.2 Å². The van der Waals surface area contributed by atoms with Gasteiger partial charge in [-0.05, 0) is 71.2 Å². The number of likely N-dealkylation sites (tertiary alicyclic amines) is 1. The molecule has 0 aliphatic carbocycles. The van der Waals surface area contributed by atoms with Gasteiger partial charge in [0.25, 0.3) is 5.91 Å². The molecule has 2 unspecified atom stereocenters. The van der Waals surface area contributed by atoms with E-state index in [1.807, 2.05) is 13.8 Å². The summed E-state index contributed by atoms with van der Waals surface area (Å²) >= 11 is 0. The number of nitrogens with zero attached hydrogens (tertiary/aromatic N) is 1. The largest absolute Gasteiger partial charge is 0.336 e. The number of carbonyl (C=O) groups is 1. The Morgan fingerprint density at radius 3 is 2.46 bits per heavy atom. The van der Waals surface area contributed by atoms with Crippen molar-refractivity contribution in [3.05, 3.63) is 29.3 Å². The van der Waals surface area contributed by atoms with Gasteiger partial charge in [-0.3, -0.25) is 4.79 Å². The third-order valence-electron chi connectivity index (χ3n) is 4.45. The van der Waals surface area contributed by atoms with Gasteiger partial charge >= 0.3 is 0 Å². The van der Waals surface area contributed by atoms with Crippen LogP contribution in [0.25, 0.3) is 0 Å². The minimum absolute atomic E-state index is 0. The Balaban J connectivity index is 0.00000338. The molecule has 0 saturated carbocycles. The van der Waals surface area contributed by atoms with Gasteiger partial charge in [-0.25, -0.2) is 13.1 Å². The molecule has 26 heavy (non-hydrogen) atoms. The fourth-order valence-corrected chi connectivity index (χ4v) is 4.66. The fourth-order valence-electron chi connectivity index (χ4n) is 3.21. The first-order valence-electron chi connectivity index (χ1n) is 8.60. The normalized spacial score (nSPS) is 20.8. The van der Waals surface area contributed by atoms with Crippen LogP contribution in [0.3, 0.4) is 0 Å². The van der Waals surface area contributed by atoms with Crippen molar-refractivity contribution in [2.24, 2.45) is 11.7 Å². The zero-order valence-corrected chi connectivity index (χ0v) is 17.7. The van der Waals surface area contributed by atoms with Gasteiger partial charge in [-0.2, -0.15) is 0 Å². The molecule has 8 heteroatoms. The van der Waals surface area contributed by atoms with Crippen LogP contribution in [0.5, 0.6) is 0 Å². The van der Waals surface area contributed by atoms with Crippen molar-refractivity contribution in [1.82, 2.24) is 9.62 Å². The first-order chi connectivity index (χ1) is 11.4. The van der Waals surface area contributed by atoms with E-state index in [1.165, 1.54) is 12.1 Å². The minimum atomic E-state index is -3.68. The molecular weight excluding hydrogens is 374 g/mol. The summed E-state index contributed by atoms with van der Waals surface area (Å²) in [6.07, 6.45) is 0.880. The lowest BCUT2D eigenvalue weighted by Gasteiger charge is -2.24. The van der Waals surface area contributed by atoms with Crippen molar-refractivity contribution in [2.45, 2.75) is 57.5 Å². The Bertz CT molecular complexity index is 759. The van der Waals surface area contributed by atoms with Gasteiger partial charge in [0, 0.05) is 23.7 Å². The van der Waals surface area contributed by atoms with E-state index < -0.39 is 15.6 Å². The molecule has 0 spiro atoms. The summed E-state index contributed by atoms with van der Waals surface area (Å²) in [5, 5.41) is 0. The van der Waals surface area contributed by atoms with Crippen LogP contribution in [0, 0.1) is 12.8 Å². The number of amides is 1. The van der Waals surface area contributed by atoms with Crippen LogP contribution in [-0.2, 0) is 10.0 Å². The number of rotatable bonds is 4. The van der Waals surface area contributed by atoms with Crippen LogP contribution in [0.2, 0.25) is 0 Å². The highest BCUT2D eigenvalue weighted by Crippen LogP contribution is 2.26. The molecule has 1 amide bonds. The van der Waals surface area contributed by atoms with Crippen LogP contribution in [0.1, 0.15) is 50.0 Å². The van der Waals surface area contributed by atoms with Crippen molar-refractivity contribution in [2.75, 3.05) is 13.1 Å². The Morgan fingerprint density at radius 2 is 1.96 bits per heavy atom. The summed E-state index contributed by atoms with van der Waals surface area (Å²) in [7, 11) is -3.68. The highest BCUT2D eigenvalue weighted by molar-refractivity contribution is 7.89. The second kappa shape index (κ2) is 8.25. The molecule has 6 nitrogen and oxygen atoms in total. The highest BCUT2D eigenvalue weighted by atomic mass is 35.5. The summed E-state index contributed by atoms with van der Waals surface area (Å²) in [4.78, 5) is 14.9. The second-order valence-corrected chi connectivity index (χ2v) is 9.66. The standard InChI is InChI=1S/C18H29N3O3S.ClH/c1-12-6-7-15(25(23,24)20-18(3,4)5)9-16(12)17(22)21-11-14(10-19)8-13(21)2;/h6-7,9,13-14,20H,8,10-11,19H2,1-5H3;1H. The first kappa shape index (κ1) is 22.9. The molecule has 1 aromatic rings. The van der Waals surface area contributed by atoms with Gasteiger partial charge in [0.15, 0.2) is 0 Å². The average Bonchev–Trinajstić information content (AvgIpc) is 2.85. The molecule has 0 aromatic heterocycles. The Hall–Kier alpha value is -1.15. The fraction of sp³-hybridized carbons (Fsp3) is 0.611. The van der Waals surface area contributed by atoms with Gasteiger partial charge in [0.1, 0.15) is 0 Å². The number of hydrogen-bond acceptors (Lipinski definition) is 4. The Labute approximate surface area is 163 Å². The maximum absolute atomic E-state index is 13.0. The smallest absolute Gasteiger partial charge is 0.254 e. The van der Waals surface area contributed by atoms with Crippen molar-refractivity contribution in [1.29, 1.82) is 0 Å². The summed E-state index contributed by atoms with van der Waals surface area (Å²) in [5.74, 6) is 0.169. The minimum Gasteiger partial charge on any atom is -0.336 e.